The fraction of sp³-hybridized carbons (Fsp3) is 0.0952. The molecule has 0 saturated heterocycles. The number of rotatable bonds is 4. The van der Waals surface area contributed by atoms with Gasteiger partial charge in [-0.25, -0.2) is 0 Å². The third-order valence-electron chi connectivity index (χ3n) is 4.14. The first-order chi connectivity index (χ1) is 13.0. The third kappa shape index (κ3) is 4.15. The molecule has 134 valence electrons. The standard InChI is InChI=1S/C21H17BrN4O/c1-14-10-16(15(2)26(14)20-4-3-9-24-13-20)11-17(12-23)21(27)25-19-7-5-18(22)6-8-19/h3-11,13H,1-2H3,(H,25,27)/b17-11-. The minimum absolute atomic E-state index is 0.0457. The van der Waals surface area contributed by atoms with E-state index in [1.165, 1.54) is 0 Å². The number of hydrogen-bond acceptors (Lipinski definition) is 3. The van der Waals surface area contributed by atoms with E-state index in [-0.39, 0.29) is 5.57 Å². The van der Waals surface area contributed by atoms with Crippen LogP contribution in [0.15, 0.2) is 64.9 Å². The fourth-order valence-electron chi connectivity index (χ4n) is 2.85. The van der Waals surface area contributed by atoms with Gasteiger partial charge in [-0.2, -0.15) is 5.26 Å². The van der Waals surface area contributed by atoms with Crippen molar-refractivity contribution in [1.29, 1.82) is 5.26 Å². The van der Waals surface area contributed by atoms with Gasteiger partial charge < -0.3 is 9.88 Å². The topological polar surface area (TPSA) is 70.7 Å². The summed E-state index contributed by atoms with van der Waals surface area (Å²) in [5, 5.41) is 12.2. The number of nitrogens with one attached hydrogen (secondary N) is 1. The second kappa shape index (κ2) is 8.02. The minimum atomic E-state index is -0.439. The number of carbonyl (C=O) groups is 1. The molecule has 1 N–H and O–H groups in total. The molecule has 3 aromatic rings. The van der Waals surface area contributed by atoms with Crippen molar-refractivity contribution in [3.63, 3.8) is 0 Å². The Bertz CT molecular complexity index is 1040. The maximum absolute atomic E-state index is 12.5. The Morgan fingerprint density at radius 1 is 1.26 bits per heavy atom. The first kappa shape index (κ1) is 18.6. The number of aryl methyl sites for hydroxylation is 1. The van der Waals surface area contributed by atoms with Crippen LogP contribution in [0.3, 0.4) is 0 Å². The van der Waals surface area contributed by atoms with E-state index in [0.29, 0.717) is 5.69 Å². The summed E-state index contributed by atoms with van der Waals surface area (Å²) in [6, 6.07) is 15.0. The highest BCUT2D eigenvalue weighted by Crippen LogP contribution is 2.23. The van der Waals surface area contributed by atoms with Crippen LogP contribution in [0.4, 0.5) is 5.69 Å². The van der Waals surface area contributed by atoms with Gasteiger partial charge in [-0.3, -0.25) is 9.78 Å². The summed E-state index contributed by atoms with van der Waals surface area (Å²) in [7, 11) is 0. The number of anilines is 1. The Morgan fingerprint density at radius 2 is 2.00 bits per heavy atom. The predicted octanol–water partition coefficient (Wildman–Crippen LogP) is 4.80. The van der Waals surface area contributed by atoms with Crippen molar-refractivity contribution < 1.29 is 4.79 Å². The van der Waals surface area contributed by atoms with E-state index in [1.807, 2.05) is 54.8 Å². The highest BCUT2D eigenvalue weighted by molar-refractivity contribution is 9.10. The molecule has 0 atom stereocenters. The summed E-state index contributed by atoms with van der Waals surface area (Å²) in [6.07, 6.45) is 5.11. The average Bonchev–Trinajstić information content (AvgIpc) is 2.95. The van der Waals surface area contributed by atoms with Crippen molar-refractivity contribution in [2.24, 2.45) is 0 Å². The summed E-state index contributed by atoms with van der Waals surface area (Å²) < 4.78 is 2.96. The lowest BCUT2D eigenvalue weighted by Crippen LogP contribution is -2.13. The molecule has 2 aromatic heterocycles. The van der Waals surface area contributed by atoms with Crippen LogP contribution in [0.2, 0.25) is 0 Å². The van der Waals surface area contributed by atoms with Crippen LogP contribution >= 0.6 is 15.9 Å². The number of halogens is 1. The van der Waals surface area contributed by atoms with E-state index in [9.17, 15) is 10.1 Å². The molecule has 0 saturated carbocycles. The number of amides is 1. The van der Waals surface area contributed by atoms with Crippen LogP contribution in [-0.4, -0.2) is 15.5 Å². The van der Waals surface area contributed by atoms with Gasteiger partial charge in [-0.05, 0) is 68.0 Å². The number of nitriles is 1. The lowest BCUT2D eigenvalue weighted by Gasteiger charge is -2.08. The molecule has 0 radical (unpaired) electrons. The summed E-state index contributed by atoms with van der Waals surface area (Å²) in [4.78, 5) is 16.6. The number of benzene rings is 1. The van der Waals surface area contributed by atoms with E-state index >= 15 is 0 Å². The zero-order valence-electron chi connectivity index (χ0n) is 14.9. The second-order valence-electron chi connectivity index (χ2n) is 6.00. The molecule has 0 bridgehead atoms. The molecule has 0 aliphatic rings. The van der Waals surface area contributed by atoms with Crippen molar-refractivity contribution in [2.75, 3.05) is 5.32 Å². The largest absolute Gasteiger partial charge is 0.321 e. The SMILES string of the molecule is Cc1cc(/C=C(/C#N)C(=O)Nc2ccc(Br)cc2)c(C)n1-c1cccnc1. The van der Waals surface area contributed by atoms with Crippen LogP contribution in [0.5, 0.6) is 0 Å². The van der Waals surface area contributed by atoms with Crippen LogP contribution in [0.1, 0.15) is 17.0 Å². The van der Waals surface area contributed by atoms with Gasteiger partial charge in [0.05, 0.1) is 11.9 Å². The van der Waals surface area contributed by atoms with E-state index in [0.717, 1.165) is 27.1 Å². The lowest BCUT2D eigenvalue weighted by atomic mass is 10.1. The van der Waals surface area contributed by atoms with E-state index in [1.54, 1.807) is 30.6 Å². The molecule has 1 aromatic carbocycles. The van der Waals surface area contributed by atoms with Gasteiger partial charge in [0.2, 0.25) is 0 Å². The molecule has 27 heavy (non-hydrogen) atoms. The first-order valence-corrected chi connectivity index (χ1v) is 9.07. The summed E-state index contributed by atoms with van der Waals surface area (Å²) in [5.74, 6) is -0.439. The maximum atomic E-state index is 12.5. The normalized spacial score (nSPS) is 11.1. The van der Waals surface area contributed by atoms with Gasteiger partial charge in [-0.15, -0.1) is 0 Å². The predicted molar refractivity (Wildman–Crippen MR) is 109 cm³/mol. The molecule has 0 unspecified atom stereocenters. The Hall–Kier alpha value is -3.17. The minimum Gasteiger partial charge on any atom is -0.321 e. The number of carbonyl (C=O) groups excluding carboxylic acids is 1. The van der Waals surface area contributed by atoms with Gasteiger partial charge >= 0.3 is 0 Å². The Balaban J connectivity index is 1.91. The van der Waals surface area contributed by atoms with Gasteiger partial charge in [-0.1, -0.05) is 15.9 Å². The summed E-state index contributed by atoms with van der Waals surface area (Å²) in [6.45, 7) is 3.93. The zero-order valence-corrected chi connectivity index (χ0v) is 16.5. The molecule has 0 fully saturated rings. The van der Waals surface area contributed by atoms with Crippen LogP contribution < -0.4 is 5.32 Å². The fourth-order valence-corrected chi connectivity index (χ4v) is 3.12. The molecule has 5 nitrogen and oxygen atoms in total. The first-order valence-electron chi connectivity index (χ1n) is 8.27. The van der Waals surface area contributed by atoms with Crippen LogP contribution in [0, 0.1) is 25.2 Å². The van der Waals surface area contributed by atoms with Crippen molar-refractivity contribution in [2.45, 2.75) is 13.8 Å². The number of pyridine rings is 1. The lowest BCUT2D eigenvalue weighted by molar-refractivity contribution is -0.112. The maximum Gasteiger partial charge on any atom is 0.266 e. The molecule has 6 heteroatoms. The number of aromatic nitrogens is 2. The van der Waals surface area contributed by atoms with Crippen molar-refractivity contribution >= 4 is 33.6 Å². The highest BCUT2D eigenvalue weighted by atomic mass is 79.9. The van der Waals surface area contributed by atoms with Gasteiger partial charge in [0.25, 0.3) is 5.91 Å². The molecule has 2 heterocycles. The quantitative estimate of drug-likeness (QED) is 0.486. The third-order valence-corrected chi connectivity index (χ3v) is 4.67. The van der Waals surface area contributed by atoms with Crippen molar-refractivity contribution in [3.8, 4) is 11.8 Å². The Kier molecular flexibility index (Phi) is 5.53. The van der Waals surface area contributed by atoms with Crippen LogP contribution in [0.25, 0.3) is 11.8 Å². The molecular formula is C21H17BrN4O. The van der Waals surface area contributed by atoms with E-state index in [2.05, 4.69) is 26.2 Å². The molecule has 3 rings (SSSR count). The monoisotopic (exact) mass is 420 g/mol. The van der Waals surface area contributed by atoms with E-state index in [4.69, 9.17) is 0 Å². The molecule has 0 aliphatic heterocycles. The molecule has 0 aliphatic carbocycles. The number of hydrogen-bond donors (Lipinski definition) is 1. The highest BCUT2D eigenvalue weighted by Gasteiger charge is 2.14. The molecule has 1 amide bonds. The second-order valence-corrected chi connectivity index (χ2v) is 6.92. The Labute approximate surface area is 166 Å². The van der Waals surface area contributed by atoms with Gasteiger partial charge in [0, 0.05) is 27.7 Å². The smallest absolute Gasteiger partial charge is 0.266 e. The average molecular weight is 421 g/mol. The summed E-state index contributed by atoms with van der Waals surface area (Å²) >= 11 is 3.35. The van der Waals surface area contributed by atoms with Gasteiger partial charge in [0.15, 0.2) is 0 Å². The summed E-state index contributed by atoms with van der Waals surface area (Å²) in [5.41, 5.74) is 4.36. The van der Waals surface area contributed by atoms with Crippen LogP contribution in [-0.2, 0) is 4.79 Å². The van der Waals surface area contributed by atoms with Gasteiger partial charge in [0.1, 0.15) is 11.6 Å². The van der Waals surface area contributed by atoms with Crippen molar-refractivity contribution in [3.05, 3.63) is 81.9 Å². The molecular weight excluding hydrogens is 404 g/mol. The Morgan fingerprint density at radius 3 is 2.63 bits per heavy atom. The number of nitrogens with zero attached hydrogens (tertiary/aromatic N) is 3. The van der Waals surface area contributed by atoms with Crippen molar-refractivity contribution in [1.82, 2.24) is 9.55 Å². The van der Waals surface area contributed by atoms with E-state index < -0.39 is 5.91 Å². The zero-order chi connectivity index (χ0) is 19.4. The molecule has 0 spiro atoms.